The number of methoxy groups -OCH3 is 1. The summed E-state index contributed by atoms with van der Waals surface area (Å²) in [6.07, 6.45) is 4.07. The van der Waals surface area contributed by atoms with E-state index in [9.17, 15) is 4.79 Å². The van der Waals surface area contributed by atoms with E-state index in [0.29, 0.717) is 0 Å². The number of aromatic nitrogens is 2. The highest BCUT2D eigenvalue weighted by Crippen LogP contribution is 2.21. The van der Waals surface area contributed by atoms with Crippen LogP contribution in [-0.2, 0) is 6.42 Å². The summed E-state index contributed by atoms with van der Waals surface area (Å²) in [5.74, 6) is 0.519. The molecule has 0 saturated carbocycles. The third-order valence-electron chi connectivity index (χ3n) is 5.69. The second-order valence-electron chi connectivity index (χ2n) is 8.15. The molecule has 0 unspecified atom stereocenters. The van der Waals surface area contributed by atoms with Crippen molar-refractivity contribution >= 4 is 29.1 Å². The molecule has 0 aliphatic carbocycles. The molecule has 0 spiro atoms. The number of hydrogen-bond acceptors (Lipinski definition) is 6. The van der Waals surface area contributed by atoms with E-state index in [0.717, 1.165) is 55.6 Å². The highest BCUT2D eigenvalue weighted by molar-refractivity contribution is 6.31. The second kappa shape index (κ2) is 9.49. The van der Waals surface area contributed by atoms with Crippen LogP contribution in [0, 0.1) is 0 Å². The number of quaternary nitrogens is 1. The van der Waals surface area contributed by atoms with Gasteiger partial charge in [-0.25, -0.2) is 9.97 Å². The predicted octanol–water partition coefficient (Wildman–Crippen LogP) is 2.27. The van der Waals surface area contributed by atoms with Crippen molar-refractivity contribution in [2.45, 2.75) is 31.7 Å². The fourth-order valence-electron chi connectivity index (χ4n) is 4.07. The Morgan fingerprint density at radius 1 is 1.27 bits per heavy atom. The summed E-state index contributed by atoms with van der Waals surface area (Å²) >= 11 is 5.90. The van der Waals surface area contributed by atoms with Crippen molar-refractivity contribution in [3.8, 4) is 5.75 Å². The average molecular weight is 434 g/mol. The largest absolute Gasteiger partial charge is 0.497 e. The molecule has 1 aromatic heterocycles. The number of rotatable bonds is 7. The molecule has 9 heteroatoms. The van der Waals surface area contributed by atoms with Crippen LogP contribution in [0.15, 0.2) is 24.3 Å². The summed E-state index contributed by atoms with van der Waals surface area (Å²) in [6.45, 7) is 3.02. The summed E-state index contributed by atoms with van der Waals surface area (Å²) in [6, 6.07) is 8.27. The minimum absolute atomic E-state index is 0.0121. The van der Waals surface area contributed by atoms with Crippen LogP contribution in [-0.4, -0.2) is 60.2 Å². The standard InChI is InChI=1S/C21H29ClN6O2/c1-28(11-3-5-14-7-9-16(30-2)10-8-14)12-4-6-15(13-28)25-21(29)17-19(23)27-20(24)18(22)26-17/h7-10,15H,3-6,11-13H2,1-2H3,(H4-,23,24,25,27,29)/p+1/t15-,28-/m0/s1. The number of nitrogens with zero attached hydrogens (tertiary/aromatic N) is 3. The summed E-state index contributed by atoms with van der Waals surface area (Å²) in [5.41, 5.74) is 12.7. The molecular weight excluding hydrogens is 404 g/mol. The minimum Gasteiger partial charge on any atom is -0.497 e. The summed E-state index contributed by atoms with van der Waals surface area (Å²) in [4.78, 5) is 20.5. The zero-order valence-corrected chi connectivity index (χ0v) is 18.3. The van der Waals surface area contributed by atoms with Crippen LogP contribution in [0.25, 0.3) is 0 Å². The van der Waals surface area contributed by atoms with Crippen molar-refractivity contribution in [1.82, 2.24) is 15.3 Å². The Hall–Kier alpha value is -2.58. The van der Waals surface area contributed by atoms with Gasteiger partial charge in [0, 0.05) is 6.42 Å². The normalized spacial score (nSPS) is 21.2. The topological polar surface area (TPSA) is 116 Å². The smallest absolute Gasteiger partial charge is 0.274 e. The summed E-state index contributed by atoms with van der Waals surface area (Å²) in [7, 11) is 3.93. The molecule has 1 aliphatic heterocycles. The molecule has 1 aliphatic rings. The highest BCUT2D eigenvalue weighted by atomic mass is 35.5. The number of nitrogens with two attached hydrogens (primary N) is 2. The first kappa shape index (κ1) is 22.1. The fourth-order valence-corrected chi connectivity index (χ4v) is 4.20. The molecule has 30 heavy (non-hydrogen) atoms. The lowest BCUT2D eigenvalue weighted by Crippen LogP contribution is -2.57. The predicted molar refractivity (Wildman–Crippen MR) is 118 cm³/mol. The van der Waals surface area contributed by atoms with Crippen LogP contribution in [0.3, 0.4) is 0 Å². The first-order valence-electron chi connectivity index (χ1n) is 10.2. The van der Waals surface area contributed by atoms with Crippen LogP contribution < -0.4 is 21.5 Å². The lowest BCUT2D eigenvalue weighted by molar-refractivity contribution is -0.915. The zero-order chi connectivity index (χ0) is 21.7. The van der Waals surface area contributed by atoms with Gasteiger partial charge in [-0.05, 0) is 37.0 Å². The number of carbonyl (C=O) groups excluding carboxylic acids is 1. The average Bonchev–Trinajstić information content (AvgIpc) is 2.71. The molecule has 0 bridgehead atoms. The maximum atomic E-state index is 12.6. The Kier molecular flexibility index (Phi) is 6.99. The van der Waals surface area contributed by atoms with E-state index in [1.807, 2.05) is 12.1 Å². The van der Waals surface area contributed by atoms with Crippen LogP contribution >= 0.6 is 11.6 Å². The van der Waals surface area contributed by atoms with Crippen LogP contribution in [0.4, 0.5) is 11.6 Å². The molecule has 0 radical (unpaired) electrons. The molecule has 162 valence electrons. The van der Waals surface area contributed by atoms with Crippen molar-refractivity contribution in [2.24, 2.45) is 0 Å². The Morgan fingerprint density at radius 2 is 2.00 bits per heavy atom. The van der Waals surface area contributed by atoms with Crippen molar-refractivity contribution in [3.63, 3.8) is 0 Å². The van der Waals surface area contributed by atoms with Crippen molar-refractivity contribution in [2.75, 3.05) is 45.3 Å². The number of ether oxygens (including phenoxy) is 1. The molecule has 1 saturated heterocycles. The summed E-state index contributed by atoms with van der Waals surface area (Å²) in [5, 5.41) is 3.03. The van der Waals surface area contributed by atoms with E-state index in [2.05, 4.69) is 34.5 Å². The Labute approximate surface area is 182 Å². The van der Waals surface area contributed by atoms with E-state index in [1.165, 1.54) is 5.56 Å². The van der Waals surface area contributed by atoms with E-state index >= 15 is 0 Å². The van der Waals surface area contributed by atoms with Gasteiger partial charge in [-0.15, -0.1) is 0 Å². The third-order valence-corrected chi connectivity index (χ3v) is 5.97. The summed E-state index contributed by atoms with van der Waals surface area (Å²) < 4.78 is 6.13. The number of halogens is 1. The van der Waals surface area contributed by atoms with E-state index in [1.54, 1.807) is 7.11 Å². The van der Waals surface area contributed by atoms with Gasteiger partial charge in [-0.1, -0.05) is 23.7 Å². The SMILES string of the molecule is COc1ccc(CCC[N@@+]2(C)CCC[C@H](NC(=O)c3nc(Cl)c(N)nc3N)C2)cc1. The second-order valence-corrected chi connectivity index (χ2v) is 8.51. The number of benzene rings is 1. The van der Waals surface area contributed by atoms with Gasteiger partial charge in [-0.3, -0.25) is 4.79 Å². The molecule has 5 N–H and O–H groups in total. The Balaban J connectivity index is 1.54. The molecule has 3 rings (SSSR count). The first-order chi connectivity index (χ1) is 14.3. The fraction of sp³-hybridized carbons (Fsp3) is 0.476. The quantitative estimate of drug-likeness (QED) is 0.577. The highest BCUT2D eigenvalue weighted by Gasteiger charge is 2.32. The van der Waals surface area contributed by atoms with Gasteiger partial charge in [-0.2, -0.15) is 0 Å². The van der Waals surface area contributed by atoms with Gasteiger partial charge in [0.25, 0.3) is 5.91 Å². The van der Waals surface area contributed by atoms with Crippen molar-refractivity contribution in [3.05, 3.63) is 40.7 Å². The minimum atomic E-state index is -0.362. The molecule has 2 heterocycles. The zero-order valence-electron chi connectivity index (χ0n) is 17.5. The van der Waals surface area contributed by atoms with E-state index < -0.39 is 0 Å². The monoisotopic (exact) mass is 433 g/mol. The number of likely N-dealkylation sites (N-methyl/N-ethyl adjacent to an activating group) is 1. The number of hydrogen-bond donors (Lipinski definition) is 3. The lowest BCUT2D eigenvalue weighted by atomic mass is 10.0. The molecule has 1 amide bonds. The number of piperidine rings is 1. The van der Waals surface area contributed by atoms with Gasteiger partial charge < -0.3 is 26.0 Å². The van der Waals surface area contributed by atoms with Gasteiger partial charge in [0.1, 0.15) is 5.75 Å². The number of aryl methyl sites for hydroxylation is 1. The van der Waals surface area contributed by atoms with Gasteiger partial charge in [0.15, 0.2) is 22.5 Å². The lowest BCUT2D eigenvalue weighted by Gasteiger charge is -2.41. The van der Waals surface area contributed by atoms with Gasteiger partial charge in [0.05, 0.1) is 39.8 Å². The maximum absolute atomic E-state index is 12.6. The molecule has 1 fully saturated rings. The molecule has 1 aromatic carbocycles. The number of anilines is 2. The number of carbonyl (C=O) groups is 1. The number of amides is 1. The van der Waals surface area contributed by atoms with Crippen molar-refractivity contribution in [1.29, 1.82) is 0 Å². The maximum Gasteiger partial charge on any atom is 0.274 e. The Morgan fingerprint density at radius 3 is 2.70 bits per heavy atom. The van der Waals surface area contributed by atoms with Crippen molar-refractivity contribution < 1.29 is 14.0 Å². The van der Waals surface area contributed by atoms with Gasteiger partial charge >= 0.3 is 0 Å². The molecule has 8 nitrogen and oxygen atoms in total. The molecular formula is C21H30ClN6O2+. The first-order valence-corrected chi connectivity index (χ1v) is 10.5. The Bertz CT molecular complexity index is 892. The van der Waals surface area contributed by atoms with Crippen LogP contribution in [0.1, 0.15) is 35.3 Å². The molecule has 2 aromatic rings. The molecule has 2 atom stereocenters. The number of nitrogens with one attached hydrogen (secondary N) is 1. The third kappa shape index (κ3) is 5.52. The van der Waals surface area contributed by atoms with Gasteiger partial charge in [0.2, 0.25) is 0 Å². The van der Waals surface area contributed by atoms with Crippen LogP contribution in [0.2, 0.25) is 5.15 Å². The van der Waals surface area contributed by atoms with E-state index in [-0.39, 0.29) is 34.4 Å². The van der Waals surface area contributed by atoms with E-state index in [4.69, 9.17) is 27.8 Å². The number of nitrogen functional groups attached to an aromatic ring is 2. The van der Waals surface area contributed by atoms with Crippen LogP contribution in [0.5, 0.6) is 5.75 Å². The number of likely N-dealkylation sites (tertiary alicyclic amines) is 1.